The van der Waals surface area contributed by atoms with Crippen molar-refractivity contribution in [1.29, 1.82) is 0 Å². The average molecular weight is 380 g/mol. The molecule has 2 nitrogen and oxygen atoms in total. The van der Waals surface area contributed by atoms with Crippen LogP contribution in [0.5, 0.6) is 0 Å². The van der Waals surface area contributed by atoms with E-state index in [1.165, 1.54) is 11.5 Å². The Morgan fingerprint density at radius 1 is 1.22 bits per heavy atom. The monoisotopic (exact) mass is 380 g/mol. The van der Waals surface area contributed by atoms with E-state index in [0.717, 1.165) is 23.2 Å². The van der Waals surface area contributed by atoms with Gasteiger partial charge in [-0.25, -0.2) is 0 Å². The number of carbonyl (C=O) groups is 1. The third-order valence-electron chi connectivity index (χ3n) is 3.28. The third kappa shape index (κ3) is 6.80. The molecule has 0 saturated carbocycles. The van der Waals surface area contributed by atoms with Gasteiger partial charge in [0, 0.05) is 38.4 Å². The maximum absolute atomic E-state index is 11.9. The Balaban J connectivity index is 0.00000264. The van der Waals surface area contributed by atoms with Crippen LogP contribution < -0.4 is 5.32 Å². The van der Waals surface area contributed by atoms with Crippen LogP contribution in [0.25, 0.3) is 6.08 Å². The third-order valence-corrected chi connectivity index (χ3v) is 3.28. The summed E-state index contributed by atoms with van der Waals surface area (Å²) < 4.78 is 0. The fraction of sp³-hybridized carbons (Fsp3) is 0.200. The van der Waals surface area contributed by atoms with Crippen molar-refractivity contribution in [3.8, 4) is 0 Å². The second-order valence-corrected chi connectivity index (χ2v) is 5.67. The molecular weight excluding hydrogens is 359 g/mol. The van der Waals surface area contributed by atoms with Crippen molar-refractivity contribution < 1.29 is 37.5 Å². The zero-order valence-corrected chi connectivity index (χ0v) is 16.7. The maximum atomic E-state index is 11.9. The zero-order chi connectivity index (χ0) is 15.9. The van der Waals surface area contributed by atoms with E-state index in [1.54, 1.807) is 12.2 Å². The first kappa shape index (κ1) is 19.8. The molecule has 2 rings (SSSR count). The molecule has 0 atom stereocenters. The summed E-state index contributed by atoms with van der Waals surface area (Å²) in [5.41, 5.74) is 4.03. The van der Waals surface area contributed by atoms with E-state index in [0.29, 0.717) is 0 Å². The van der Waals surface area contributed by atoms with Gasteiger partial charge in [0.1, 0.15) is 0 Å². The van der Waals surface area contributed by atoms with Crippen molar-refractivity contribution >= 4 is 17.7 Å². The summed E-state index contributed by atoms with van der Waals surface area (Å²) in [5, 5.41) is 2.88. The first-order valence-electron chi connectivity index (χ1n) is 7.39. The van der Waals surface area contributed by atoms with E-state index in [-0.39, 0.29) is 38.6 Å². The molecule has 2 aromatic carbocycles. The van der Waals surface area contributed by atoms with Gasteiger partial charge in [-0.15, -0.1) is 11.6 Å². The predicted molar refractivity (Wildman–Crippen MR) is 92.4 cm³/mol. The van der Waals surface area contributed by atoms with Gasteiger partial charge in [0.25, 0.3) is 0 Å². The van der Waals surface area contributed by atoms with Gasteiger partial charge in [-0.3, -0.25) is 4.79 Å². The fourth-order valence-electron chi connectivity index (χ4n) is 2.12. The molecule has 0 heterocycles. The van der Waals surface area contributed by atoms with Gasteiger partial charge in [-0.2, -0.15) is 50.1 Å². The number of anilines is 1. The normalized spacial score (nSPS) is 10.6. The molecule has 1 radical (unpaired) electrons. The van der Waals surface area contributed by atoms with Crippen molar-refractivity contribution in [2.24, 2.45) is 0 Å². The summed E-state index contributed by atoms with van der Waals surface area (Å²) >= 11 is 0. The molecule has 1 N–H and O–H groups in total. The zero-order valence-electron chi connectivity index (χ0n) is 13.9. The van der Waals surface area contributed by atoms with Crippen LogP contribution in [0.2, 0.25) is 0 Å². The van der Waals surface area contributed by atoms with Crippen LogP contribution in [-0.2, 0) is 43.9 Å². The molecule has 0 fully saturated rings. The van der Waals surface area contributed by atoms with E-state index in [2.05, 4.69) is 25.2 Å². The second kappa shape index (κ2) is 9.80. The van der Waals surface area contributed by atoms with Gasteiger partial charge >= 0.3 is 0 Å². The van der Waals surface area contributed by atoms with Crippen molar-refractivity contribution in [2.45, 2.75) is 27.2 Å². The Morgan fingerprint density at radius 2 is 1.96 bits per heavy atom. The van der Waals surface area contributed by atoms with Gasteiger partial charge in [-0.05, 0) is 24.6 Å². The van der Waals surface area contributed by atoms with Gasteiger partial charge in [0.2, 0.25) is 5.91 Å². The van der Waals surface area contributed by atoms with E-state index in [9.17, 15) is 4.79 Å². The quantitative estimate of drug-likeness (QED) is 0.596. The maximum Gasteiger partial charge on any atom is 0.247 e. The minimum atomic E-state index is -0.129. The number of hydrogen-bond donors (Lipinski definition) is 1. The number of rotatable bonds is 5. The summed E-state index contributed by atoms with van der Waals surface area (Å²) in [7, 11) is 0. The molecule has 0 bridgehead atoms. The van der Waals surface area contributed by atoms with E-state index >= 15 is 0 Å². The van der Waals surface area contributed by atoms with Crippen LogP contribution in [-0.4, -0.2) is 5.91 Å². The molecule has 0 saturated heterocycles. The average Bonchev–Trinajstić information content (AvgIpc) is 2.48. The van der Waals surface area contributed by atoms with E-state index in [1.807, 2.05) is 49.4 Å². The number of benzene rings is 2. The Kier molecular flexibility index (Phi) is 8.43. The number of carbonyl (C=O) groups excluding carboxylic acids is 1. The predicted octanol–water partition coefficient (Wildman–Crippen LogP) is 4.60. The van der Waals surface area contributed by atoms with Gasteiger partial charge in [0.05, 0.1) is 0 Å². The molecule has 0 aliphatic heterocycles. The summed E-state index contributed by atoms with van der Waals surface area (Å²) in [6.07, 6.45) is 4.29. The number of hydrogen-bond acceptors (Lipinski definition) is 1. The molecule has 117 valence electrons. The van der Waals surface area contributed by atoms with Crippen molar-refractivity contribution in [3.05, 3.63) is 77.2 Å². The number of aryl methyl sites for hydroxylation is 1. The first-order valence-corrected chi connectivity index (χ1v) is 7.39. The molecule has 0 aliphatic rings. The number of amides is 1. The van der Waals surface area contributed by atoms with Crippen LogP contribution in [0.3, 0.4) is 0 Å². The largest absolute Gasteiger partial charge is 0.322 e. The van der Waals surface area contributed by atoms with Crippen LogP contribution >= 0.6 is 0 Å². The Bertz CT molecular complexity index is 660. The minimum absolute atomic E-state index is 0. The Morgan fingerprint density at radius 3 is 2.57 bits per heavy atom. The standard InChI is InChI=1S/C20H21NO.Y/c1-15(2)14-18-10-8-17(9-11-18)12-13-20(22)21-19-7-5-4-6-16(19)3;/h4-10,12-13H,14H2,1-3H3,(H,21,22);/q-2;/b13-12+;. The van der Waals surface area contributed by atoms with E-state index in [4.69, 9.17) is 0 Å². The van der Waals surface area contributed by atoms with Crippen molar-refractivity contribution in [3.63, 3.8) is 0 Å². The van der Waals surface area contributed by atoms with Crippen molar-refractivity contribution in [2.75, 3.05) is 5.32 Å². The summed E-state index contributed by atoms with van der Waals surface area (Å²) in [6, 6.07) is 16.9. The van der Waals surface area contributed by atoms with Gasteiger partial charge in [-0.1, -0.05) is 18.2 Å². The molecule has 1 amide bonds. The van der Waals surface area contributed by atoms with Gasteiger partial charge in [0.15, 0.2) is 0 Å². The molecule has 0 aliphatic carbocycles. The number of para-hydroxylation sites is 1. The fourth-order valence-corrected chi connectivity index (χ4v) is 2.12. The van der Waals surface area contributed by atoms with Gasteiger partial charge < -0.3 is 11.2 Å². The van der Waals surface area contributed by atoms with Crippen LogP contribution in [0.4, 0.5) is 5.69 Å². The summed E-state index contributed by atoms with van der Waals surface area (Å²) in [4.78, 5) is 11.9. The first-order chi connectivity index (χ1) is 10.5. The topological polar surface area (TPSA) is 29.1 Å². The Hall–Kier alpha value is -1.25. The molecular formula is C20H21NOY-2. The molecule has 23 heavy (non-hydrogen) atoms. The Labute approximate surface area is 164 Å². The SMILES string of the molecule is Cc1ccccc1NC(=O)/C=C/c1c[c-]c(C[C-](C)C)cc1.[Y]. The smallest absolute Gasteiger partial charge is 0.247 e. The second-order valence-electron chi connectivity index (χ2n) is 5.67. The van der Waals surface area contributed by atoms with Crippen LogP contribution in [0.15, 0.2) is 48.5 Å². The molecule has 0 aromatic heterocycles. The summed E-state index contributed by atoms with van der Waals surface area (Å²) in [5.74, 6) is 1.23. The van der Waals surface area contributed by atoms with Crippen molar-refractivity contribution in [1.82, 2.24) is 0 Å². The van der Waals surface area contributed by atoms with Crippen LogP contribution in [0, 0.1) is 18.9 Å². The summed E-state index contributed by atoms with van der Waals surface area (Å²) in [6.45, 7) is 6.19. The van der Waals surface area contributed by atoms with Crippen LogP contribution in [0.1, 0.15) is 30.5 Å². The van der Waals surface area contributed by atoms with E-state index < -0.39 is 0 Å². The molecule has 0 unspecified atom stereocenters. The number of nitrogens with one attached hydrogen (secondary N) is 1. The minimum Gasteiger partial charge on any atom is -0.322 e. The molecule has 0 spiro atoms. The molecule has 3 heteroatoms. The molecule has 2 aromatic rings.